The van der Waals surface area contributed by atoms with E-state index in [1.807, 2.05) is 30.3 Å². The van der Waals surface area contributed by atoms with E-state index in [0.29, 0.717) is 17.1 Å². The Labute approximate surface area is 251 Å². The van der Waals surface area contributed by atoms with Crippen LogP contribution in [0.4, 0.5) is 11.4 Å². The Morgan fingerprint density at radius 1 is 0.976 bits per heavy atom. The van der Waals surface area contributed by atoms with E-state index < -0.39 is 5.97 Å². The lowest BCUT2D eigenvalue weighted by Crippen LogP contribution is -2.29. The lowest BCUT2D eigenvalue weighted by Gasteiger charge is -2.27. The molecule has 1 unspecified atom stereocenters. The molecule has 1 aliphatic rings. The molecule has 0 saturated heterocycles. The van der Waals surface area contributed by atoms with E-state index in [9.17, 15) is 9.59 Å². The monoisotopic (exact) mass is 576 g/mol. The Balaban J connectivity index is 1.40. The zero-order valence-corrected chi connectivity index (χ0v) is 25.1. The first-order valence-corrected chi connectivity index (χ1v) is 15.4. The lowest BCUT2D eigenvalue weighted by atomic mass is 9.87. The molecule has 0 bridgehead atoms. The van der Waals surface area contributed by atoms with Crippen LogP contribution in [0.1, 0.15) is 94.6 Å². The number of anilines is 2. The fraction of sp³-hybridized carbons (Fsp3) is 0.486. The highest BCUT2D eigenvalue weighted by molar-refractivity contribution is 5.87. The van der Waals surface area contributed by atoms with Crippen LogP contribution in [0.15, 0.2) is 61.2 Å². The molecule has 7 nitrogen and oxygen atoms in total. The van der Waals surface area contributed by atoms with Crippen molar-refractivity contribution < 1.29 is 23.8 Å². The second-order valence-corrected chi connectivity index (χ2v) is 11.2. The van der Waals surface area contributed by atoms with Crippen LogP contribution in [0.2, 0.25) is 0 Å². The van der Waals surface area contributed by atoms with Crippen LogP contribution < -0.4 is 16.2 Å². The van der Waals surface area contributed by atoms with Gasteiger partial charge in [-0.3, -0.25) is 4.79 Å². The SMILES string of the molecule is C=CCCCCCOC1CCC(C(=O)Oc2ccc(/C=C/C(=O)OCC(CCCC)c3cc(N)cc(N)c3)cc2)CC1. The topological polar surface area (TPSA) is 114 Å². The summed E-state index contributed by atoms with van der Waals surface area (Å²) in [6.07, 6.45) is 16.0. The zero-order valence-electron chi connectivity index (χ0n) is 25.1. The number of carbonyl (C=O) groups excluding carboxylic acids is 2. The van der Waals surface area contributed by atoms with Gasteiger partial charge in [0.15, 0.2) is 0 Å². The number of hydrogen-bond acceptors (Lipinski definition) is 7. The molecule has 2 aromatic rings. The van der Waals surface area contributed by atoms with Gasteiger partial charge in [-0.25, -0.2) is 4.79 Å². The lowest BCUT2D eigenvalue weighted by molar-refractivity contribution is -0.141. The van der Waals surface area contributed by atoms with Crippen LogP contribution in [-0.4, -0.2) is 31.3 Å². The van der Waals surface area contributed by atoms with Crippen molar-refractivity contribution in [3.05, 3.63) is 72.3 Å². The fourth-order valence-electron chi connectivity index (χ4n) is 5.26. The van der Waals surface area contributed by atoms with E-state index >= 15 is 0 Å². The molecule has 7 heteroatoms. The maximum atomic E-state index is 12.7. The molecule has 1 aliphatic carbocycles. The average Bonchev–Trinajstić information content (AvgIpc) is 2.98. The highest BCUT2D eigenvalue weighted by atomic mass is 16.5. The van der Waals surface area contributed by atoms with E-state index in [1.165, 1.54) is 6.08 Å². The summed E-state index contributed by atoms with van der Waals surface area (Å²) >= 11 is 0. The molecule has 0 aliphatic heterocycles. The number of nitrogens with two attached hydrogens (primary N) is 2. The van der Waals surface area contributed by atoms with Crippen LogP contribution >= 0.6 is 0 Å². The van der Waals surface area contributed by atoms with Gasteiger partial charge in [0.2, 0.25) is 0 Å². The molecule has 0 aromatic heterocycles. The van der Waals surface area contributed by atoms with Gasteiger partial charge >= 0.3 is 11.9 Å². The largest absolute Gasteiger partial charge is 0.462 e. The van der Waals surface area contributed by atoms with Crippen LogP contribution in [0.5, 0.6) is 5.75 Å². The van der Waals surface area contributed by atoms with Gasteiger partial charge < -0.3 is 25.7 Å². The number of allylic oxidation sites excluding steroid dienone is 1. The molecular formula is C35H48N2O5. The van der Waals surface area contributed by atoms with Crippen LogP contribution in [0.3, 0.4) is 0 Å². The Morgan fingerprint density at radius 2 is 1.69 bits per heavy atom. The molecule has 2 aromatic carbocycles. The van der Waals surface area contributed by atoms with Gasteiger partial charge in [0.25, 0.3) is 0 Å². The third-order valence-corrected chi connectivity index (χ3v) is 7.73. The molecule has 0 amide bonds. The van der Waals surface area contributed by atoms with E-state index in [-0.39, 0.29) is 30.5 Å². The van der Waals surface area contributed by atoms with Crippen molar-refractivity contribution in [2.75, 3.05) is 24.7 Å². The first kappa shape index (κ1) is 32.9. The van der Waals surface area contributed by atoms with Gasteiger partial charge in [0, 0.05) is 30.0 Å². The summed E-state index contributed by atoms with van der Waals surface area (Å²) in [7, 11) is 0. The number of nitrogen functional groups attached to an aromatic ring is 2. The smallest absolute Gasteiger partial charge is 0.330 e. The molecular weight excluding hydrogens is 528 g/mol. The molecule has 1 fully saturated rings. The second-order valence-electron chi connectivity index (χ2n) is 11.2. The first-order chi connectivity index (χ1) is 20.4. The Kier molecular flexibility index (Phi) is 14.2. The summed E-state index contributed by atoms with van der Waals surface area (Å²) in [6, 6.07) is 12.6. The number of benzene rings is 2. The summed E-state index contributed by atoms with van der Waals surface area (Å²) < 4.78 is 17.2. The predicted molar refractivity (Wildman–Crippen MR) is 170 cm³/mol. The molecule has 228 valence electrons. The van der Waals surface area contributed by atoms with Crippen molar-refractivity contribution in [1.29, 1.82) is 0 Å². The van der Waals surface area contributed by atoms with Crippen molar-refractivity contribution >= 4 is 29.4 Å². The third-order valence-electron chi connectivity index (χ3n) is 7.73. The molecule has 4 N–H and O–H groups in total. The van der Waals surface area contributed by atoms with Crippen molar-refractivity contribution in [2.24, 2.45) is 5.92 Å². The summed E-state index contributed by atoms with van der Waals surface area (Å²) in [5.74, 6) is -0.183. The molecule has 0 spiro atoms. The Bertz CT molecular complexity index is 1130. The van der Waals surface area contributed by atoms with E-state index in [0.717, 1.165) is 88.4 Å². The van der Waals surface area contributed by atoms with Crippen molar-refractivity contribution in [2.45, 2.75) is 89.6 Å². The number of rotatable bonds is 17. The van der Waals surface area contributed by atoms with Crippen LogP contribution in [0.25, 0.3) is 6.08 Å². The maximum absolute atomic E-state index is 12.7. The second kappa shape index (κ2) is 18.1. The molecule has 42 heavy (non-hydrogen) atoms. The number of ether oxygens (including phenoxy) is 3. The standard InChI is InChI=1S/C35H48N2O5/c1-3-5-7-8-9-21-40-32-18-14-27(15-19-32)35(39)42-33-16-11-26(12-17-33)13-20-34(38)41-25-28(10-6-4-2)29-22-30(36)24-31(37)23-29/h3,11-13,16-17,20,22-24,27-28,32H,1,4-10,14-15,18-19,21,25,36-37H2,2H3/b20-13+. The number of esters is 2. The summed E-state index contributed by atoms with van der Waals surface area (Å²) in [5.41, 5.74) is 14.9. The van der Waals surface area contributed by atoms with Crippen molar-refractivity contribution in [3.8, 4) is 5.75 Å². The van der Waals surface area contributed by atoms with Gasteiger partial charge in [0.05, 0.1) is 18.6 Å². The maximum Gasteiger partial charge on any atom is 0.330 e. The van der Waals surface area contributed by atoms with E-state index in [2.05, 4.69) is 13.5 Å². The highest BCUT2D eigenvalue weighted by Crippen LogP contribution is 2.29. The summed E-state index contributed by atoms with van der Waals surface area (Å²) in [5, 5.41) is 0. The minimum Gasteiger partial charge on any atom is -0.462 e. The zero-order chi connectivity index (χ0) is 30.2. The molecule has 3 rings (SSSR count). The number of hydrogen-bond donors (Lipinski definition) is 2. The normalized spacial score (nSPS) is 17.5. The molecule has 1 atom stereocenters. The van der Waals surface area contributed by atoms with Crippen molar-refractivity contribution in [3.63, 3.8) is 0 Å². The molecule has 0 radical (unpaired) electrons. The first-order valence-electron chi connectivity index (χ1n) is 15.4. The highest BCUT2D eigenvalue weighted by Gasteiger charge is 2.28. The molecule has 0 heterocycles. The van der Waals surface area contributed by atoms with Gasteiger partial charge in [-0.15, -0.1) is 6.58 Å². The summed E-state index contributed by atoms with van der Waals surface area (Å²) in [4.78, 5) is 25.1. The Morgan fingerprint density at radius 3 is 2.36 bits per heavy atom. The number of unbranched alkanes of at least 4 members (excludes halogenated alkanes) is 4. The Hall–Kier alpha value is -3.58. The number of carbonyl (C=O) groups is 2. The summed E-state index contributed by atoms with van der Waals surface area (Å²) in [6.45, 7) is 6.92. The average molecular weight is 577 g/mol. The minimum absolute atomic E-state index is 0.0297. The van der Waals surface area contributed by atoms with E-state index in [1.54, 1.807) is 24.3 Å². The predicted octanol–water partition coefficient (Wildman–Crippen LogP) is 7.61. The van der Waals surface area contributed by atoms with Gasteiger partial charge in [-0.05, 0) is 98.9 Å². The van der Waals surface area contributed by atoms with Gasteiger partial charge in [-0.1, -0.05) is 44.4 Å². The van der Waals surface area contributed by atoms with Gasteiger partial charge in [0.1, 0.15) is 5.75 Å². The molecule has 1 saturated carbocycles. The van der Waals surface area contributed by atoms with E-state index in [4.69, 9.17) is 25.7 Å². The minimum atomic E-state index is -0.420. The quantitative estimate of drug-likeness (QED) is 0.0497. The van der Waals surface area contributed by atoms with Crippen LogP contribution in [-0.2, 0) is 19.1 Å². The van der Waals surface area contributed by atoms with Crippen LogP contribution in [0, 0.1) is 5.92 Å². The fourth-order valence-corrected chi connectivity index (χ4v) is 5.26. The van der Waals surface area contributed by atoms with Gasteiger partial charge in [-0.2, -0.15) is 0 Å². The van der Waals surface area contributed by atoms with Crippen molar-refractivity contribution in [1.82, 2.24) is 0 Å². The third kappa shape index (κ3) is 11.7.